The van der Waals surface area contributed by atoms with Crippen LogP contribution in [0.1, 0.15) is 78.1 Å². The van der Waals surface area contributed by atoms with E-state index in [4.69, 9.17) is 9.05 Å². The maximum Gasteiger partial charge on any atom is 0.698 e. The lowest BCUT2D eigenvalue weighted by Crippen LogP contribution is -2.08. The van der Waals surface area contributed by atoms with Gasteiger partial charge in [0.2, 0.25) is 0 Å². The molecular formula is C16H30O5P+. The number of carbonyl (C=O) groups excluding carboxylic acids is 2. The van der Waals surface area contributed by atoms with E-state index in [9.17, 15) is 14.2 Å². The van der Waals surface area contributed by atoms with Crippen LogP contribution in [0, 0.1) is 0 Å². The molecule has 0 N–H and O–H groups in total. The topological polar surface area (TPSA) is 69.7 Å². The van der Waals surface area contributed by atoms with E-state index >= 15 is 0 Å². The van der Waals surface area contributed by atoms with Crippen molar-refractivity contribution in [2.75, 3.05) is 13.2 Å². The van der Waals surface area contributed by atoms with Crippen molar-refractivity contribution < 1.29 is 23.2 Å². The Morgan fingerprint density at radius 3 is 1.50 bits per heavy atom. The summed E-state index contributed by atoms with van der Waals surface area (Å²) in [6.07, 6.45) is 9.09. The van der Waals surface area contributed by atoms with E-state index in [1.54, 1.807) is 0 Å². The summed E-state index contributed by atoms with van der Waals surface area (Å²) in [5.74, 6) is -0.150. The Morgan fingerprint density at radius 2 is 1.14 bits per heavy atom. The first kappa shape index (κ1) is 21.4. The summed E-state index contributed by atoms with van der Waals surface area (Å²) < 4.78 is 21.1. The Kier molecular flexibility index (Phi) is 14.8. The highest BCUT2D eigenvalue weighted by Crippen LogP contribution is 2.23. The van der Waals surface area contributed by atoms with Gasteiger partial charge in [-0.3, -0.25) is 9.59 Å². The van der Waals surface area contributed by atoms with Gasteiger partial charge in [0.15, 0.2) is 24.8 Å². The van der Waals surface area contributed by atoms with Crippen LogP contribution in [0.4, 0.5) is 0 Å². The third-order valence-corrected chi connectivity index (χ3v) is 3.96. The lowest BCUT2D eigenvalue weighted by atomic mass is 10.1. The average Bonchev–Trinajstić information content (AvgIpc) is 2.51. The quantitative estimate of drug-likeness (QED) is 0.301. The molecule has 0 spiro atoms. The van der Waals surface area contributed by atoms with Gasteiger partial charge in [0.1, 0.15) is 0 Å². The highest BCUT2D eigenvalue weighted by Gasteiger charge is 2.23. The molecule has 0 fully saturated rings. The normalized spacial score (nSPS) is 10.6. The van der Waals surface area contributed by atoms with E-state index in [0.717, 1.165) is 51.4 Å². The Labute approximate surface area is 135 Å². The van der Waals surface area contributed by atoms with Crippen LogP contribution in [0.3, 0.4) is 0 Å². The third-order valence-electron chi connectivity index (χ3n) is 3.28. The molecule has 0 saturated carbocycles. The zero-order chi connectivity index (χ0) is 16.6. The van der Waals surface area contributed by atoms with Gasteiger partial charge in [-0.05, 0) is 12.8 Å². The van der Waals surface area contributed by atoms with E-state index in [-0.39, 0.29) is 24.8 Å². The highest BCUT2D eigenvalue weighted by atomic mass is 31.1. The summed E-state index contributed by atoms with van der Waals surface area (Å²) in [5.41, 5.74) is 0. The number of rotatable bonds is 16. The molecule has 0 heterocycles. The molecule has 0 unspecified atom stereocenters. The molecule has 0 atom stereocenters. The lowest BCUT2D eigenvalue weighted by molar-refractivity contribution is -0.121. The molecule has 0 bridgehead atoms. The molecule has 128 valence electrons. The molecule has 0 aromatic heterocycles. The smallest absolute Gasteiger partial charge is 0.297 e. The van der Waals surface area contributed by atoms with Crippen LogP contribution in [0.15, 0.2) is 0 Å². The van der Waals surface area contributed by atoms with E-state index in [1.165, 1.54) is 0 Å². The molecule has 0 aromatic carbocycles. The van der Waals surface area contributed by atoms with Crippen LogP contribution in [-0.2, 0) is 23.2 Å². The number of Topliss-reactive ketones (excluding diaryl/α,β-unsaturated/α-hetero) is 2. The number of unbranched alkanes of at least 4 members (excludes halogenated alkanes) is 6. The molecule has 0 aliphatic heterocycles. The van der Waals surface area contributed by atoms with E-state index in [2.05, 4.69) is 13.8 Å². The Morgan fingerprint density at radius 1 is 0.727 bits per heavy atom. The van der Waals surface area contributed by atoms with Crippen molar-refractivity contribution in [2.45, 2.75) is 78.1 Å². The summed E-state index contributed by atoms with van der Waals surface area (Å²) >= 11 is 0. The minimum absolute atomic E-state index is 0.0751. The first-order valence-electron chi connectivity index (χ1n) is 8.36. The zero-order valence-corrected chi connectivity index (χ0v) is 14.9. The Bertz CT molecular complexity index is 300. The first-order chi connectivity index (χ1) is 10.6. The standard InChI is InChI=1S/C16H30O5P/c1-3-5-7-9-11-15(17)13-20-22(19)21-14-16(18)12-10-8-6-4-2/h3-14H2,1-2H3/q+1. The van der Waals surface area contributed by atoms with Crippen molar-refractivity contribution in [1.29, 1.82) is 0 Å². The summed E-state index contributed by atoms with van der Waals surface area (Å²) in [5, 5.41) is 0. The second-order valence-electron chi connectivity index (χ2n) is 5.47. The summed E-state index contributed by atoms with van der Waals surface area (Å²) in [7, 11) is -2.38. The van der Waals surface area contributed by atoms with Crippen molar-refractivity contribution >= 4 is 19.8 Å². The Hall–Kier alpha value is -0.640. The first-order valence-corrected chi connectivity index (χ1v) is 9.46. The SMILES string of the molecule is CCCCCCC(=O)CO[P+](=O)OCC(=O)CCCCCC. The predicted octanol–water partition coefficient (Wildman–Crippen LogP) is 4.76. The fourth-order valence-corrected chi connectivity index (χ4v) is 2.50. The van der Waals surface area contributed by atoms with Crippen molar-refractivity contribution in [3.05, 3.63) is 0 Å². The minimum Gasteiger partial charge on any atom is -0.297 e. The largest absolute Gasteiger partial charge is 0.698 e. The molecule has 0 radical (unpaired) electrons. The fraction of sp³-hybridized carbons (Fsp3) is 0.875. The van der Waals surface area contributed by atoms with Crippen LogP contribution < -0.4 is 0 Å². The molecule has 0 aliphatic carbocycles. The molecule has 0 aliphatic rings. The second-order valence-corrected chi connectivity index (χ2v) is 6.43. The van der Waals surface area contributed by atoms with Crippen LogP contribution in [0.5, 0.6) is 0 Å². The van der Waals surface area contributed by atoms with Crippen molar-refractivity contribution in [1.82, 2.24) is 0 Å². The third kappa shape index (κ3) is 14.3. The molecule has 0 aromatic rings. The van der Waals surface area contributed by atoms with Crippen LogP contribution in [-0.4, -0.2) is 24.8 Å². The van der Waals surface area contributed by atoms with Crippen molar-refractivity contribution in [3.63, 3.8) is 0 Å². The van der Waals surface area contributed by atoms with Gasteiger partial charge in [0, 0.05) is 17.4 Å². The fourth-order valence-electron chi connectivity index (χ4n) is 1.93. The highest BCUT2D eigenvalue weighted by molar-refractivity contribution is 7.33. The summed E-state index contributed by atoms with van der Waals surface area (Å²) in [6.45, 7) is 3.81. The second kappa shape index (κ2) is 15.3. The zero-order valence-electron chi connectivity index (χ0n) is 14.0. The number of ketones is 2. The van der Waals surface area contributed by atoms with Crippen molar-refractivity contribution in [2.24, 2.45) is 0 Å². The van der Waals surface area contributed by atoms with Gasteiger partial charge in [-0.2, -0.15) is 0 Å². The molecule has 0 rings (SSSR count). The predicted molar refractivity (Wildman–Crippen MR) is 87.0 cm³/mol. The minimum atomic E-state index is -2.38. The number of hydrogen-bond donors (Lipinski definition) is 0. The summed E-state index contributed by atoms with van der Waals surface area (Å²) in [4.78, 5) is 23.0. The monoisotopic (exact) mass is 333 g/mol. The molecule has 22 heavy (non-hydrogen) atoms. The van der Waals surface area contributed by atoms with Gasteiger partial charge in [0.05, 0.1) is 0 Å². The molecule has 6 heteroatoms. The van der Waals surface area contributed by atoms with Gasteiger partial charge < -0.3 is 0 Å². The molecule has 5 nitrogen and oxygen atoms in total. The Balaban J connectivity index is 3.56. The van der Waals surface area contributed by atoms with E-state index in [1.807, 2.05) is 0 Å². The van der Waals surface area contributed by atoms with E-state index < -0.39 is 8.25 Å². The van der Waals surface area contributed by atoms with Gasteiger partial charge in [-0.25, -0.2) is 0 Å². The van der Waals surface area contributed by atoms with Crippen LogP contribution in [0.2, 0.25) is 0 Å². The molecule has 0 saturated heterocycles. The van der Waals surface area contributed by atoms with Gasteiger partial charge in [0.25, 0.3) is 0 Å². The number of hydrogen-bond acceptors (Lipinski definition) is 5. The molecular weight excluding hydrogens is 303 g/mol. The molecule has 0 amide bonds. The van der Waals surface area contributed by atoms with E-state index in [0.29, 0.717) is 12.8 Å². The lowest BCUT2D eigenvalue weighted by Gasteiger charge is -1.98. The number of carbonyl (C=O) groups is 2. The van der Waals surface area contributed by atoms with Crippen LogP contribution in [0.25, 0.3) is 0 Å². The summed E-state index contributed by atoms with van der Waals surface area (Å²) in [6, 6.07) is 0. The van der Waals surface area contributed by atoms with Gasteiger partial charge >= 0.3 is 8.25 Å². The van der Waals surface area contributed by atoms with Crippen molar-refractivity contribution in [3.8, 4) is 0 Å². The van der Waals surface area contributed by atoms with Gasteiger partial charge in [-0.15, -0.1) is 9.05 Å². The maximum atomic E-state index is 11.5. The van der Waals surface area contributed by atoms with Crippen LogP contribution >= 0.6 is 8.25 Å². The average molecular weight is 333 g/mol. The van der Waals surface area contributed by atoms with Gasteiger partial charge in [-0.1, -0.05) is 52.4 Å². The maximum absolute atomic E-state index is 11.5.